The number of H-pyrrole nitrogens is 1. The maximum Gasteiger partial charge on any atom is 0.328 e. The number of ether oxygens (including phenoxy) is 1. The van der Waals surface area contributed by atoms with E-state index in [4.69, 9.17) is 4.74 Å². The highest BCUT2D eigenvalue weighted by Crippen LogP contribution is 2.27. The van der Waals surface area contributed by atoms with Crippen molar-refractivity contribution in [2.24, 2.45) is 0 Å². The molecule has 0 aliphatic carbocycles. The summed E-state index contributed by atoms with van der Waals surface area (Å²) in [6.45, 7) is 1.88. The molecule has 0 spiro atoms. The van der Waals surface area contributed by atoms with Crippen LogP contribution in [0.4, 0.5) is 0 Å². The molecule has 0 unspecified atom stereocenters. The smallest absolute Gasteiger partial charge is 0.328 e. The lowest BCUT2D eigenvalue weighted by Crippen LogP contribution is -2.33. The molecule has 5 nitrogen and oxygen atoms in total. The lowest BCUT2D eigenvalue weighted by atomic mass is 10.0. The van der Waals surface area contributed by atoms with Crippen molar-refractivity contribution >= 4 is 0 Å². The molecule has 19 heavy (non-hydrogen) atoms. The van der Waals surface area contributed by atoms with Gasteiger partial charge in [0.25, 0.3) is 5.56 Å². The lowest BCUT2D eigenvalue weighted by molar-refractivity contribution is 0.0604. The van der Waals surface area contributed by atoms with E-state index in [1.165, 1.54) is 16.8 Å². The number of methoxy groups -OCH3 is 1. The van der Waals surface area contributed by atoms with E-state index in [-0.39, 0.29) is 12.1 Å². The summed E-state index contributed by atoms with van der Waals surface area (Å²) in [5, 5.41) is 0. The molecule has 0 saturated carbocycles. The van der Waals surface area contributed by atoms with Gasteiger partial charge in [0.05, 0.1) is 6.04 Å². The third-order valence-corrected chi connectivity index (χ3v) is 3.11. The van der Waals surface area contributed by atoms with Crippen LogP contribution in [0.25, 0.3) is 0 Å². The second kappa shape index (κ2) is 5.67. The molecule has 2 aromatic rings. The van der Waals surface area contributed by atoms with E-state index in [0.29, 0.717) is 0 Å². The van der Waals surface area contributed by atoms with E-state index in [1.54, 1.807) is 7.11 Å². The van der Waals surface area contributed by atoms with Crippen LogP contribution in [0.3, 0.4) is 0 Å². The molecule has 0 aliphatic rings. The summed E-state index contributed by atoms with van der Waals surface area (Å²) in [6, 6.07) is 10.8. The topological polar surface area (TPSA) is 64.1 Å². The molecule has 2 atom stereocenters. The summed E-state index contributed by atoms with van der Waals surface area (Å²) in [4.78, 5) is 25.1. The second-order valence-corrected chi connectivity index (χ2v) is 4.33. The van der Waals surface area contributed by atoms with Crippen molar-refractivity contribution in [1.82, 2.24) is 9.55 Å². The molecular formula is C14H16N2O3. The van der Waals surface area contributed by atoms with Gasteiger partial charge in [0.2, 0.25) is 0 Å². The molecular weight excluding hydrogens is 244 g/mol. The molecule has 2 rings (SSSR count). The normalized spacial score (nSPS) is 14.0. The zero-order valence-electron chi connectivity index (χ0n) is 10.9. The minimum atomic E-state index is -0.432. The summed E-state index contributed by atoms with van der Waals surface area (Å²) in [6.07, 6.45) is 1.23. The molecule has 0 aliphatic heterocycles. The molecule has 1 aromatic heterocycles. The molecule has 1 heterocycles. The van der Waals surface area contributed by atoms with Crippen LogP contribution in [0.1, 0.15) is 24.6 Å². The van der Waals surface area contributed by atoms with Gasteiger partial charge in [-0.2, -0.15) is 0 Å². The molecule has 0 radical (unpaired) electrons. The summed E-state index contributed by atoms with van der Waals surface area (Å²) < 4.78 is 6.95. The van der Waals surface area contributed by atoms with Gasteiger partial charge in [-0.3, -0.25) is 14.3 Å². The molecule has 100 valence electrons. The number of benzene rings is 1. The highest BCUT2D eigenvalue weighted by Gasteiger charge is 2.21. The zero-order chi connectivity index (χ0) is 13.8. The number of aromatic nitrogens is 2. The Morgan fingerprint density at radius 2 is 1.84 bits per heavy atom. The van der Waals surface area contributed by atoms with Gasteiger partial charge in [-0.15, -0.1) is 0 Å². The quantitative estimate of drug-likeness (QED) is 0.905. The third-order valence-electron chi connectivity index (χ3n) is 3.11. The van der Waals surface area contributed by atoms with Crippen LogP contribution >= 0.6 is 0 Å². The van der Waals surface area contributed by atoms with Crippen LogP contribution in [-0.4, -0.2) is 16.7 Å². The minimum absolute atomic E-state index is 0.225. The average Bonchev–Trinajstić information content (AvgIpc) is 2.40. The number of hydrogen-bond donors (Lipinski definition) is 1. The van der Waals surface area contributed by atoms with Crippen LogP contribution in [-0.2, 0) is 4.74 Å². The van der Waals surface area contributed by atoms with Crippen LogP contribution in [0, 0.1) is 0 Å². The van der Waals surface area contributed by atoms with Crippen molar-refractivity contribution < 1.29 is 4.74 Å². The first kappa shape index (κ1) is 13.3. The van der Waals surface area contributed by atoms with Crippen molar-refractivity contribution in [3.05, 3.63) is 69.0 Å². The number of nitrogens with one attached hydrogen (secondary N) is 1. The first-order valence-corrected chi connectivity index (χ1v) is 6.02. The molecule has 0 saturated heterocycles. The summed E-state index contributed by atoms with van der Waals surface area (Å²) in [5.41, 5.74) is 0.149. The van der Waals surface area contributed by atoms with Crippen molar-refractivity contribution in [3.8, 4) is 0 Å². The zero-order valence-corrected chi connectivity index (χ0v) is 10.9. The van der Waals surface area contributed by atoms with E-state index >= 15 is 0 Å². The van der Waals surface area contributed by atoms with E-state index in [1.807, 2.05) is 37.3 Å². The third kappa shape index (κ3) is 2.82. The van der Waals surface area contributed by atoms with Gasteiger partial charge in [-0.1, -0.05) is 30.3 Å². The van der Waals surface area contributed by atoms with E-state index in [9.17, 15) is 9.59 Å². The molecule has 0 fully saturated rings. The second-order valence-electron chi connectivity index (χ2n) is 4.33. The molecule has 1 N–H and O–H groups in total. The van der Waals surface area contributed by atoms with E-state index in [0.717, 1.165) is 5.56 Å². The van der Waals surface area contributed by atoms with Gasteiger partial charge in [-0.25, -0.2) is 4.79 Å². The van der Waals surface area contributed by atoms with Crippen LogP contribution in [0.2, 0.25) is 0 Å². The Hall–Kier alpha value is -2.14. The van der Waals surface area contributed by atoms with Gasteiger partial charge >= 0.3 is 5.69 Å². The Balaban J connectivity index is 2.39. The Kier molecular flexibility index (Phi) is 3.97. The molecule has 5 heteroatoms. The number of nitrogens with zero attached hydrogens (tertiary/aromatic N) is 1. The molecule has 0 amide bonds. The number of hydrogen-bond acceptors (Lipinski definition) is 3. The van der Waals surface area contributed by atoms with Crippen molar-refractivity contribution in [2.45, 2.75) is 19.1 Å². The summed E-state index contributed by atoms with van der Waals surface area (Å²) in [5.74, 6) is 0. The van der Waals surface area contributed by atoms with Crippen molar-refractivity contribution in [2.75, 3.05) is 7.11 Å². The molecule has 0 bridgehead atoms. The fourth-order valence-electron chi connectivity index (χ4n) is 2.15. The van der Waals surface area contributed by atoms with Crippen molar-refractivity contribution in [3.63, 3.8) is 0 Å². The standard InChI is InChI=1S/C14H16N2O3/c1-10(16-9-8-12(17)15-14(16)18)13(19-2)11-6-4-3-5-7-11/h3-10,13H,1-2H3,(H,15,17,18)/t10-,13+/m0/s1. The Bertz CT molecular complexity index is 645. The maximum atomic E-state index is 11.8. The van der Waals surface area contributed by atoms with E-state index < -0.39 is 11.2 Å². The van der Waals surface area contributed by atoms with Gasteiger partial charge in [0.15, 0.2) is 0 Å². The summed E-state index contributed by atoms with van der Waals surface area (Å²) >= 11 is 0. The van der Waals surface area contributed by atoms with Crippen molar-refractivity contribution in [1.29, 1.82) is 0 Å². The summed E-state index contributed by atoms with van der Waals surface area (Å²) in [7, 11) is 1.60. The predicted octanol–water partition coefficient (Wildman–Crippen LogP) is 1.49. The van der Waals surface area contributed by atoms with E-state index in [2.05, 4.69) is 4.98 Å². The van der Waals surface area contributed by atoms with Crippen LogP contribution in [0.5, 0.6) is 0 Å². The van der Waals surface area contributed by atoms with Gasteiger partial charge in [0.1, 0.15) is 6.10 Å². The van der Waals surface area contributed by atoms with Crippen LogP contribution in [0.15, 0.2) is 52.2 Å². The van der Waals surface area contributed by atoms with Crippen LogP contribution < -0.4 is 11.2 Å². The van der Waals surface area contributed by atoms with Gasteiger partial charge in [-0.05, 0) is 12.5 Å². The van der Waals surface area contributed by atoms with Gasteiger partial charge < -0.3 is 4.74 Å². The maximum absolute atomic E-state index is 11.8. The average molecular weight is 260 g/mol. The Morgan fingerprint density at radius 1 is 1.16 bits per heavy atom. The fourth-order valence-corrected chi connectivity index (χ4v) is 2.15. The highest BCUT2D eigenvalue weighted by atomic mass is 16.5. The lowest BCUT2D eigenvalue weighted by Gasteiger charge is -2.24. The Morgan fingerprint density at radius 3 is 2.42 bits per heavy atom. The predicted molar refractivity (Wildman–Crippen MR) is 72.2 cm³/mol. The first-order valence-electron chi connectivity index (χ1n) is 6.02. The van der Waals surface area contributed by atoms with Gasteiger partial charge in [0, 0.05) is 19.4 Å². The minimum Gasteiger partial charge on any atom is -0.375 e. The first-order chi connectivity index (χ1) is 9.13. The SMILES string of the molecule is CO[C@@H](c1ccccc1)[C@H](C)n1ccc(=O)[nH]c1=O. The Labute approximate surface area is 110 Å². The fraction of sp³-hybridized carbons (Fsp3) is 0.286. The monoisotopic (exact) mass is 260 g/mol. The number of rotatable bonds is 4. The number of aromatic amines is 1. The largest absolute Gasteiger partial charge is 0.375 e. The molecule has 1 aromatic carbocycles. The highest BCUT2D eigenvalue weighted by molar-refractivity contribution is 5.18.